The van der Waals surface area contributed by atoms with E-state index in [4.69, 9.17) is 11.6 Å². The second-order valence-electron chi connectivity index (χ2n) is 5.35. The second kappa shape index (κ2) is 6.03. The Hall–Kier alpha value is -3.19. The predicted molar refractivity (Wildman–Crippen MR) is 92.2 cm³/mol. The lowest BCUT2D eigenvalue weighted by Crippen LogP contribution is -2.31. The number of amides is 2. The Morgan fingerprint density at radius 1 is 1.20 bits per heavy atom. The molecule has 7 nitrogen and oxygen atoms in total. The molecule has 0 saturated heterocycles. The number of carbonyl (C=O) groups excluding carboxylic acids is 2. The van der Waals surface area contributed by atoms with E-state index in [2.05, 4.69) is 0 Å². The third-order valence-corrected chi connectivity index (χ3v) is 4.04. The first kappa shape index (κ1) is 16.7. The van der Waals surface area contributed by atoms with Crippen LogP contribution in [0.25, 0.3) is 11.3 Å². The van der Waals surface area contributed by atoms with Crippen LogP contribution < -0.4 is 4.90 Å². The van der Waals surface area contributed by atoms with Gasteiger partial charge in [-0.1, -0.05) is 11.6 Å². The summed E-state index contributed by atoms with van der Waals surface area (Å²) in [7, 11) is 0. The van der Waals surface area contributed by atoms with Gasteiger partial charge in [-0.25, -0.2) is 4.90 Å². The molecule has 2 aromatic carbocycles. The minimum atomic E-state index is -0.740. The van der Waals surface area contributed by atoms with Gasteiger partial charge in [-0.05, 0) is 30.3 Å². The van der Waals surface area contributed by atoms with Crippen LogP contribution in [0.5, 0.6) is 0 Å². The molecule has 1 N–H and O–H groups in total. The van der Waals surface area contributed by atoms with Crippen molar-refractivity contribution in [2.24, 2.45) is 0 Å². The Kier molecular flexibility index (Phi) is 4.02. The molecule has 2 aromatic rings. The summed E-state index contributed by atoms with van der Waals surface area (Å²) in [5.74, 6) is -1.68. The summed E-state index contributed by atoms with van der Waals surface area (Å²) in [6.45, 7) is 1.20. The number of hydrogen-bond acceptors (Lipinski definition) is 5. The van der Waals surface area contributed by atoms with Gasteiger partial charge in [-0.15, -0.1) is 0 Å². The molecule has 0 unspecified atom stereocenters. The lowest BCUT2D eigenvalue weighted by molar-refractivity contribution is -0.384. The van der Waals surface area contributed by atoms with Crippen LogP contribution in [0.2, 0.25) is 5.02 Å². The number of nitro groups is 1. The van der Waals surface area contributed by atoms with Gasteiger partial charge in [0.1, 0.15) is 5.76 Å². The molecule has 0 atom stereocenters. The summed E-state index contributed by atoms with van der Waals surface area (Å²) in [5, 5.41) is 22.0. The average molecular weight is 359 g/mol. The fourth-order valence-corrected chi connectivity index (χ4v) is 2.79. The van der Waals surface area contributed by atoms with E-state index in [0.29, 0.717) is 10.6 Å². The fourth-order valence-electron chi connectivity index (χ4n) is 2.66. The van der Waals surface area contributed by atoms with Crippen LogP contribution >= 0.6 is 11.6 Å². The standard InChI is InChI=1S/C17H11ClN2O5/c1-9(21)19-14-7-6-12(20(24)25)8-13(14)15(17(19)23)16(22)10-2-4-11(18)5-3-10/h2-8,22H,1H3. The first-order valence-corrected chi connectivity index (χ1v) is 7.52. The fraction of sp³-hybridized carbons (Fsp3) is 0.0588. The number of fused-ring (bicyclic) bond motifs is 1. The first-order valence-electron chi connectivity index (χ1n) is 7.14. The molecule has 0 bridgehead atoms. The van der Waals surface area contributed by atoms with Gasteiger partial charge in [-0.3, -0.25) is 19.7 Å². The maximum absolute atomic E-state index is 12.7. The molecule has 0 radical (unpaired) electrons. The van der Waals surface area contributed by atoms with Gasteiger partial charge < -0.3 is 5.11 Å². The van der Waals surface area contributed by atoms with Crippen molar-refractivity contribution < 1.29 is 19.6 Å². The molecular weight excluding hydrogens is 348 g/mol. The Labute approximate surface area is 146 Å². The first-order chi connectivity index (χ1) is 11.8. The monoisotopic (exact) mass is 358 g/mol. The van der Waals surface area contributed by atoms with Gasteiger partial charge in [0, 0.05) is 35.2 Å². The number of nitro benzene ring substituents is 1. The van der Waals surface area contributed by atoms with E-state index < -0.39 is 16.7 Å². The van der Waals surface area contributed by atoms with Crippen molar-refractivity contribution in [2.45, 2.75) is 6.92 Å². The summed E-state index contributed by atoms with van der Waals surface area (Å²) in [6.07, 6.45) is 0. The molecule has 8 heteroatoms. The van der Waals surface area contributed by atoms with Crippen LogP contribution in [-0.2, 0) is 9.59 Å². The normalized spacial score (nSPS) is 15.1. The molecule has 0 spiro atoms. The Morgan fingerprint density at radius 3 is 2.40 bits per heavy atom. The highest BCUT2D eigenvalue weighted by molar-refractivity contribution is 6.42. The highest BCUT2D eigenvalue weighted by atomic mass is 35.5. The van der Waals surface area contributed by atoms with Crippen LogP contribution in [0.1, 0.15) is 18.1 Å². The molecule has 3 rings (SSSR count). The Bertz CT molecular complexity index is 950. The lowest BCUT2D eigenvalue weighted by atomic mass is 10.0. The summed E-state index contributed by atoms with van der Waals surface area (Å²) in [4.78, 5) is 35.8. The second-order valence-corrected chi connectivity index (χ2v) is 5.79. The third-order valence-electron chi connectivity index (χ3n) is 3.79. The molecule has 2 amide bonds. The van der Waals surface area contributed by atoms with Crippen LogP contribution in [0.4, 0.5) is 11.4 Å². The van der Waals surface area contributed by atoms with E-state index in [1.807, 2.05) is 0 Å². The van der Waals surface area contributed by atoms with Crippen LogP contribution in [0.3, 0.4) is 0 Å². The summed E-state index contributed by atoms with van der Waals surface area (Å²) < 4.78 is 0. The van der Waals surface area contributed by atoms with Gasteiger partial charge in [0.25, 0.3) is 11.6 Å². The van der Waals surface area contributed by atoms with Crippen LogP contribution in [-0.4, -0.2) is 21.8 Å². The topological polar surface area (TPSA) is 101 Å². The van der Waals surface area contributed by atoms with E-state index in [1.54, 1.807) is 0 Å². The van der Waals surface area contributed by atoms with Gasteiger partial charge in [0.2, 0.25) is 5.91 Å². The third kappa shape index (κ3) is 2.74. The smallest absolute Gasteiger partial charge is 0.270 e. The number of anilines is 1. The van der Waals surface area contributed by atoms with Gasteiger partial charge in [-0.2, -0.15) is 0 Å². The molecule has 126 valence electrons. The summed E-state index contributed by atoms with van der Waals surface area (Å²) >= 11 is 5.81. The molecule has 1 aliphatic heterocycles. The molecule has 1 heterocycles. The van der Waals surface area contributed by atoms with Crippen molar-refractivity contribution in [1.82, 2.24) is 0 Å². The number of halogens is 1. The molecule has 0 fully saturated rings. The van der Waals surface area contributed by atoms with Crippen molar-refractivity contribution in [3.8, 4) is 0 Å². The number of nitrogens with zero attached hydrogens (tertiary/aromatic N) is 2. The zero-order chi connectivity index (χ0) is 18.3. The molecule has 0 aliphatic carbocycles. The maximum atomic E-state index is 12.7. The lowest BCUT2D eigenvalue weighted by Gasteiger charge is -2.11. The number of aliphatic hydroxyl groups excluding tert-OH is 1. The zero-order valence-corrected chi connectivity index (χ0v) is 13.6. The van der Waals surface area contributed by atoms with Gasteiger partial charge in [0.05, 0.1) is 16.2 Å². The minimum Gasteiger partial charge on any atom is -0.506 e. The molecule has 25 heavy (non-hydrogen) atoms. The SMILES string of the molecule is CC(=O)N1C(=O)C(=C(O)c2ccc(Cl)cc2)c2cc([N+](=O)[O-])ccc21. The number of hydrogen-bond donors (Lipinski definition) is 1. The number of non-ortho nitro benzene ring substituents is 1. The van der Waals surface area contributed by atoms with E-state index >= 15 is 0 Å². The van der Waals surface area contributed by atoms with E-state index in [0.717, 1.165) is 11.0 Å². The number of imide groups is 1. The number of benzene rings is 2. The van der Waals surface area contributed by atoms with E-state index in [1.165, 1.54) is 43.3 Å². The number of aliphatic hydroxyl groups is 1. The highest BCUT2D eigenvalue weighted by Gasteiger charge is 2.38. The predicted octanol–water partition coefficient (Wildman–Crippen LogP) is 3.57. The van der Waals surface area contributed by atoms with Gasteiger partial charge in [0.15, 0.2) is 0 Å². The molecule has 0 saturated carbocycles. The van der Waals surface area contributed by atoms with Gasteiger partial charge >= 0.3 is 0 Å². The van der Waals surface area contributed by atoms with Crippen molar-refractivity contribution in [3.05, 3.63) is 68.7 Å². The summed E-state index contributed by atoms with van der Waals surface area (Å²) in [6, 6.07) is 9.75. The zero-order valence-electron chi connectivity index (χ0n) is 12.9. The Morgan fingerprint density at radius 2 is 1.84 bits per heavy atom. The number of rotatable bonds is 2. The van der Waals surface area contributed by atoms with Crippen molar-refractivity contribution >= 4 is 46.1 Å². The maximum Gasteiger partial charge on any atom is 0.270 e. The average Bonchev–Trinajstić information content (AvgIpc) is 2.85. The largest absolute Gasteiger partial charge is 0.506 e. The Balaban J connectivity index is 2.27. The van der Waals surface area contributed by atoms with Crippen LogP contribution in [0, 0.1) is 10.1 Å². The molecule has 0 aromatic heterocycles. The quantitative estimate of drug-likeness (QED) is 0.383. The summed E-state index contributed by atoms with van der Waals surface area (Å²) in [5.41, 5.74) is 0.200. The van der Waals surface area contributed by atoms with Crippen molar-refractivity contribution in [1.29, 1.82) is 0 Å². The number of carbonyl (C=O) groups is 2. The highest BCUT2D eigenvalue weighted by Crippen LogP contribution is 2.42. The molecule has 1 aliphatic rings. The molecular formula is C17H11ClN2O5. The van der Waals surface area contributed by atoms with Crippen molar-refractivity contribution in [3.63, 3.8) is 0 Å². The van der Waals surface area contributed by atoms with Crippen LogP contribution in [0.15, 0.2) is 42.5 Å². The minimum absolute atomic E-state index is 0.127. The van der Waals surface area contributed by atoms with Crippen molar-refractivity contribution in [2.75, 3.05) is 4.90 Å². The van der Waals surface area contributed by atoms with E-state index in [9.17, 15) is 24.8 Å². The van der Waals surface area contributed by atoms with E-state index in [-0.39, 0.29) is 28.3 Å².